The van der Waals surface area contributed by atoms with Crippen molar-refractivity contribution >= 4 is 11.0 Å². The number of fused-ring (bicyclic) bond motifs is 1. The van der Waals surface area contributed by atoms with Gasteiger partial charge in [0.05, 0.1) is 17.2 Å². The summed E-state index contributed by atoms with van der Waals surface area (Å²) in [4.78, 5) is 16.1. The highest BCUT2D eigenvalue weighted by atomic mass is 16.1. The predicted octanol–water partition coefficient (Wildman–Crippen LogP) is 2.17. The second-order valence-corrected chi connectivity index (χ2v) is 4.77. The van der Waals surface area contributed by atoms with E-state index in [0.29, 0.717) is 6.04 Å². The Labute approximate surface area is 113 Å². The summed E-state index contributed by atoms with van der Waals surface area (Å²) in [6.45, 7) is 2.93. The van der Waals surface area contributed by atoms with E-state index in [0.717, 1.165) is 36.8 Å². The SMILES string of the molecule is CCC(CCCn1c(=O)cnc2ccccc21)NC. The van der Waals surface area contributed by atoms with Crippen molar-refractivity contribution in [2.45, 2.75) is 38.8 Å². The molecule has 102 valence electrons. The van der Waals surface area contributed by atoms with Gasteiger partial charge in [0.15, 0.2) is 0 Å². The van der Waals surface area contributed by atoms with Crippen molar-refractivity contribution < 1.29 is 0 Å². The monoisotopic (exact) mass is 259 g/mol. The van der Waals surface area contributed by atoms with Gasteiger partial charge >= 0.3 is 0 Å². The highest BCUT2D eigenvalue weighted by Crippen LogP contribution is 2.10. The highest BCUT2D eigenvalue weighted by molar-refractivity contribution is 5.74. The van der Waals surface area contributed by atoms with Crippen molar-refractivity contribution in [3.63, 3.8) is 0 Å². The van der Waals surface area contributed by atoms with Crippen LogP contribution in [0.4, 0.5) is 0 Å². The quantitative estimate of drug-likeness (QED) is 0.865. The number of para-hydroxylation sites is 2. The van der Waals surface area contributed by atoms with Gasteiger partial charge in [-0.05, 0) is 38.4 Å². The molecule has 4 nitrogen and oxygen atoms in total. The van der Waals surface area contributed by atoms with Gasteiger partial charge in [-0.15, -0.1) is 0 Å². The number of aryl methyl sites for hydroxylation is 1. The van der Waals surface area contributed by atoms with Gasteiger partial charge in [0, 0.05) is 12.6 Å². The summed E-state index contributed by atoms with van der Waals surface area (Å²) in [5, 5.41) is 3.29. The summed E-state index contributed by atoms with van der Waals surface area (Å²) in [6, 6.07) is 8.32. The first-order valence-corrected chi connectivity index (χ1v) is 6.88. The molecule has 2 rings (SSSR count). The van der Waals surface area contributed by atoms with Gasteiger partial charge in [-0.1, -0.05) is 19.1 Å². The summed E-state index contributed by atoms with van der Waals surface area (Å²) in [7, 11) is 1.99. The number of nitrogens with zero attached hydrogens (tertiary/aromatic N) is 2. The molecule has 0 aliphatic rings. The van der Waals surface area contributed by atoms with Crippen LogP contribution in [-0.2, 0) is 6.54 Å². The minimum atomic E-state index is -0.0174. The van der Waals surface area contributed by atoms with Crippen molar-refractivity contribution in [1.82, 2.24) is 14.9 Å². The molecule has 1 unspecified atom stereocenters. The topological polar surface area (TPSA) is 46.9 Å². The lowest BCUT2D eigenvalue weighted by molar-refractivity contribution is 0.468. The number of nitrogens with one attached hydrogen (secondary N) is 1. The van der Waals surface area contributed by atoms with Crippen LogP contribution in [-0.4, -0.2) is 22.6 Å². The van der Waals surface area contributed by atoms with Gasteiger partial charge in [-0.2, -0.15) is 0 Å². The second-order valence-electron chi connectivity index (χ2n) is 4.77. The summed E-state index contributed by atoms with van der Waals surface area (Å²) in [6.07, 6.45) is 4.60. The number of rotatable bonds is 6. The van der Waals surface area contributed by atoms with Gasteiger partial charge in [0.2, 0.25) is 0 Å². The zero-order valence-corrected chi connectivity index (χ0v) is 11.6. The van der Waals surface area contributed by atoms with Gasteiger partial charge in [0.1, 0.15) is 0 Å². The molecule has 0 saturated carbocycles. The standard InChI is InChI=1S/C15H21N3O/c1-3-12(16-2)7-6-10-18-14-9-5-4-8-13(14)17-11-15(18)19/h4-5,8-9,11-12,16H,3,6-7,10H2,1-2H3. The third-order valence-corrected chi connectivity index (χ3v) is 3.59. The van der Waals surface area contributed by atoms with Crippen LogP contribution >= 0.6 is 0 Å². The van der Waals surface area contributed by atoms with Crippen molar-refractivity contribution in [2.24, 2.45) is 0 Å². The maximum Gasteiger partial charge on any atom is 0.269 e. The van der Waals surface area contributed by atoms with Crippen molar-refractivity contribution in [3.05, 3.63) is 40.8 Å². The van der Waals surface area contributed by atoms with Crippen LogP contribution < -0.4 is 10.9 Å². The summed E-state index contributed by atoms with van der Waals surface area (Å²) < 4.78 is 1.82. The van der Waals surface area contributed by atoms with Gasteiger partial charge in [-0.3, -0.25) is 4.79 Å². The number of benzene rings is 1. The van der Waals surface area contributed by atoms with Crippen molar-refractivity contribution in [2.75, 3.05) is 7.05 Å². The summed E-state index contributed by atoms with van der Waals surface area (Å²) >= 11 is 0. The van der Waals surface area contributed by atoms with Crippen molar-refractivity contribution in [1.29, 1.82) is 0 Å². The Morgan fingerprint density at radius 1 is 1.37 bits per heavy atom. The zero-order valence-electron chi connectivity index (χ0n) is 11.6. The zero-order chi connectivity index (χ0) is 13.7. The van der Waals surface area contributed by atoms with Gasteiger partial charge in [-0.25, -0.2) is 4.98 Å². The molecule has 1 aromatic heterocycles. The molecule has 1 atom stereocenters. The Kier molecular flexibility index (Phi) is 4.68. The first kappa shape index (κ1) is 13.7. The fraction of sp³-hybridized carbons (Fsp3) is 0.467. The Hall–Kier alpha value is -1.68. The normalized spacial score (nSPS) is 12.7. The molecule has 0 amide bonds. The molecule has 1 heterocycles. The minimum absolute atomic E-state index is 0.0174. The lowest BCUT2D eigenvalue weighted by Gasteiger charge is -2.14. The van der Waals surface area contributed by atoms with Crippen LogP contribution in [0.5, 0.6) is 0 Å². The van der Waals surface area contributed by atoms with Gasteiger partial charge in [0.25, 0.3) is 5.56 Å². The number of aromatic nitrogens is 2. The van der Waals surface area contributed by atoms with E-state index in [1.165, 1.54) is 6.20 Å². The maximum absolute atomic E-state index is 11.9. The molecule has 4 heteroatoms. The van der Waals surface area contributed by atoms with Gasteiger partial charge < -0.3 is 9.88 Å². The fourth-order valence-corrected chi connectivity index (χ4v) is 2.39. The van der Waals surface area contributed by atoms with E-state index in [2.05, 4.69) is 17.2 Å². The van der Waals surface area contributed by atoms with Crippen LogP contribution in [0.1, 0.15) is 26.2 Å². The van der Waals surface area contributed by atoms with E-state index in [9.17, 15) is 4.79 Å². The van der Waals surface area contributed by atoms with E-state index < -0.39 is 0 Å². The largest absolute Gasteiger partial charge is 0.317 e. The predicted molar refractivity (Wildman–Crippen MR) is 78.4 cm³/mol. The fourth-order valence-electron chi connectivity index (χ4n) is 2.39. The summed E-state index contributed by atoms with van der Waals surface area (Å²) in [5.74, 6) is 0. The summed E-state index contributed by atoms with van der Waals surface area (Å²) in [5.41, 5.74) is 1.78. The molecular weight excluding hydrogens is 238 g/mol. The molecule has 2 aromatic rings. The molecule has 0 radical (unpaired) electrons. The Morgan fingerprint density at radius 2 is 2.16 bits per heavy atom. The molecule has 19 heavy (non-hydrogen) atoms. The Morgan fingerprint density at radius 3 is 2.89 bits per heavy atom. The molecule has 0 fully saturated rings. The lowest BCUT2D eigenvalue weighted by atomic mass is 10.1. The third-order valence-electron chi connectivity index (χ3n) is 3.59. The molecule has 0 aliphatic heterocycles. The molecule has 0 aliphatic carbocycles. The number of hydrogen-bond acceptors (Lipinski definition) is 3. The van der Waals surface area contributed by atoms with Crippen LogP contribution in [0, 0.1) is 0 Å². The van der Waals surface area contributed by atoms with Crippen LogP contribution in [0.2, 0.25) is 0 Å². The average Bonchev–Trinajstić information content (AvgIpc) is 2.45. The van der Waals surface area contributed by atoms with Crippen LogP contribution in [0.15, 0.2) is 35.3 Å². The molecule has 1 aromatic carbocycles. The third kappa shape index (κ3) is 3.20. The van der Waals surface area contributed by atoms with E-state index in [-0.39, 0.29) is 5.56 Å². The first-order chi connectivity index (χ1) is 9.26. The van der Waals surface area contributed by atoms with Crippen molar-refractivity contribution in [3.8, 4) is 0 Å². The molecule has 0 bridgehead atoms. The Bertz CT molecular complexity index is 587. The smallest absolute Gasteiger partial charge is 0.269 e. The molecular formula is C15H21N3O. The Balaban J connectivity index is 2.16. The first-order valence-electron chi connectivity index (χ1n) is 6.88. The maximum atomic E-state index is 11.9. The molecule has 1 N–H and O–H groups in total. The minimum Gasteiger partial charge on any atom is -0.317 e. The molecule has 0 spiro atoms. The lowest BCUT2D eigenvalue weighted by Crippen LogP contribution is -2.26. The van der Waals surface area contributed by atoms with Crippen LogP contribution in [0.3, 0.4) is 0 Å². The number of hydrogen-bond donors (Lipinski definition) is 1. The van der Waals surface area contributed by atoms with E-state index in [4.69, 9.17) is 0 Å². The highest BCUT2D eigenvalue weighted by Gasteiger charge is 2.06. The van der Waals surface area contributed by atoms with E-state index in [1.54, 1.807) is 0 Å². The second kappa shape index (κ2) is 6.48. The molecule has 0 saturated heterocycles. The van der Waals surface area contributed by atoms with Crippen LogP contribution in [0.25, 0.3) is 11.0 Å². The average molecular weight is 259 g/mol. The van der Waals surface area contributed by atoms with E-state index >= 15 is 0 Å². The van der Waals surface area contributed by atoms with E-state index in [1.807, 2.05) is 35.9 Å².